The zero-order chi connectivity index (χ0) is 12.6. The van der Waals surface area contributed by atoms with Gasteiger partial charge in [0, 0.05) is 18.3 Å². The lowest BCUT2D eigenvalue weighted by Crippen LogP contribution is -1.94. The first-order valence-corrected chi connectivity index (χ1v) is 5.69. The fourth-order valence-electron chi connectivity index (χ4n) is 1.98. The monoisotopic (exact) mass is 230 g/mol. The topological polar surface area (TPSA) is 27.1 Å². The molecule has 1 aromatic carbocycles. The molecule has 90 valence electrons. The van der Waals surface area contributed by atoms with Gasteiger partial charge < -0.3 is 4.74 Å². The maximum absolute atomic E-state index is 5.32. The molecule has 0 spiro atoms. The van der Waals surface area contributed by atoms with Crippen molar-refractivity contribution in [3.05, 3.63) is 35.0 Å². The Morgan fingerprint density at radius 2 is 1.76 bits per heavy atom. The number of rotatable bonds is 2. The van der Waals surface area contributed by atoms with Crippen LogP contribution in [0.1, 0.15) is 16.8 Å². The maximum atomic E-state index is 5.32. The van der Waals surface area contributed by atoms with E-state index in [0.717, 1.165) is 22.7 Å². The van der Waals surface area contributed by atoms with Crippen molar-refractivity contribution >= 4 is 0 Å². The average Bonchev–Trinajstić information content (AvgIpc) is 2.61. The molecule has 2 rings (SSSR count). The first-order chi connectivity index (χ1) is 8.02. The molecule has 0 saturated carbocycles. The molecule has 2 aromatic rings. The summed E-state index contributed by atoms with van der Waals surface area (Å²) >= 11 is 0. The van der Waals surface area contributed by atoms with Gasteiger partial charge in [0.15, 0.2) is 0 Å². The highest BCUT2D eigenvalue weighted by Crippen LogP contribution is 2.29. The lowest BCUT2D eigenvalue weighted by molar-refractivity contribution is 0.411. The molecule has 0 atom stereocenters. The molecule has 3 nitrogen and oxygen atoms in total. The van der Waals surface area contributed by atoms with Crippen molar-refractivity contribution in [1.29, 1.82) is 0 Å². The zero-order valence-electron chi connectivity index (χ0n) is 11.0. The summed E-state index contributed by atoms with van der Waals surface area (Å²) in [6, 6.07) is 6.30. The van der Waals surface area contributed by atoms with Crippen molar-refractivity contribution in [2.75, 3.05) is 7.11 Å². The van der Waals surface area contributed by atoms with E-state index in [0.29, 0.717) is 0 Å². The van der Waals surface area contributed by atoms with Crippen LogP contribution in [0.4, 0.5) is 0 Å². The van der Waals surface area contributed by atoms with Crippen LogP contribution in [-0.4, -0.2) is 16.9 Å². The largest absolute Gasteiger partial charge is 0.496 e. The molecular formula is C14H18N2O. The molecular weight excluding hydrogens is 212 g/mol. The average molecular weight is 230 g/mol. The Balaban J connectivity index is 2.56. The lowest BCUT2D eigenvalue weighted by Gasteiger charge is -2.09. The summed E-state index contributed by atoms with van der Waals surface area (Å²) in [6.45, 7) is 6.20. The number of benzene rings is 1. The Labute approximate surface area is 102 Å². The summed E-state index contributed by atoms with van der Waals surface area (Å²) in [6.07, 6.45) is 0. The number of methoxy groups -OCH3 is 1. The summed E-state index contributed by atoms with van der Waals surface area (Å²) in [5.74, 6) is 0.930. The molecule has 0 amide bonds. The standard InChI is InChI=1S/C14H18N2O/c1-9-7-14(17-5)10(2)6-12(9)13-8-11(3)16(4)15-13/h6-8H,1-5H3. The molecule has 1 aromatic heterocycles. The van der Waals surface area contributed by atoms with Crippen LogP contribution in [0.2, 0.25) is 0 Å². The second kappa shape index (κ2) is 4.24. The van der Waals surface area contributed by atoms with Gasteiger partial charge in [0.1, 0.15) is 5.75 Å². The third-order valence-corrected chi connectivity index (χ3v) is 3.13. The highest BCUT2D eigenvalue weighted by atomic mass is 16.5. The van der Waals surface area contributed by atoms with Gasteiger partial charge in [-0.1, -0.05) is 0 Å². The van der Waals surface area contributed by atoms with Crippen molar-refractivity contribution < 1.29 is 4.74 Å². The van der Waals surface area contributed by atoms with Gasteiger partial charge in [-0.05, 0) is 50.1 Å². The fourth-order valence-corrected chi connectivity index (χ4v) is 1.98. The number of hydrogen-bond donors (Lipinski definition) is 0. The molecule has 0 aliphatic rings. The summed E-state index contributed by atoms with van der Waals surface area (Å²) in [7, 11) is 3.66. The number of aryl methyl sites for hydroxylation is 4. The summed E-state index contributed by atoms with van der Waals surface area (Å²) in [4.78, 5) is 0. The first kappa shape index (κ1) is 11.7. The van der Waals surface area contributed by atoms with Gasteiger partial charge in [-0.25, -0.2) is 0 Å². The number of hydrogen-bond acceptors (Lipinski definition) is 2. The SMILES string of the molecule is COc1cc(C)c(-c2cc(C)n(C)n2)cc1C. The highest BCUT2D eigenvalue weighted by molar-refractivity contribution is 5.66. The van der Waals surface area contributed by atoms with Crippen LogP contribution >= 0.6 is 0 Å². The predicted molar refractivity (Wildman–Crippen MR) is 69.4 cm³/mol. The molecule has 0 saturated heterocycles. The van der Waals surface area contributed by atoms with E-state index >= 15 is 0 Å². The smallest absolute Gasteiger partial charge is 0.122 e. The van der Waals surface area contributed by atoms with E-state index in [2.05, 4.69) is 44.1 Å². The maximum Gasteiger partial charge on any atom is 0.122 e. The Bertz CT molecular complexity index is 536. The van der Waals surface area contributed by atoms with Crippen LogP contribution in [0.3, 0.4) is 0 Å². The van der Waals surface area contributed by atoms with Crippen molar-refractivity contribution in [1.82, 2.24) is 9.78 Å². The second-order valence-electron chi connectivity index (χ2n) is 4.43. The van der Waals surface area contributed by atoms with Crippen LogP contribution in [0.5, 0.6) is 5.75 Å². The van der Waals surface area contributed by atoms with Crippen molar-refractivity contribution in [3.8, 4) is 17.0 Å². The van der Waals surface area contributed by atoms with Crippen LogP contribution in [0, 0.1) is 20.8 Å². The number of ether oxygens (including phenoxy) is 1. The van der Waals surface area contributed by atoms with Crippen LogP contribution in [-0.2, 0) is 7.05 Å². The zero-order valence-corrected chi connectivity index (χ0v) is 11.0. The van der Waals surface area contributed by atoms with Gasteiger partial charge in [-0.2, -0.15) is 5.10 Å². The first-order valence-electron chi connectivity index (χ1n) is 5.69. The van der Waals surface area contributed by atoms with Crippen LogP contribution in [0.15, 0.2) is 18.2 Å². The van der Waals surface area contributed by atoms with E-state index in [9.17, 15) is 0 Å². The molecule has 0 fully saturated rings. The minimum Gasteiger partial charge on any atom is -0.496 e. The van der Waals surface area contributed by atoms with E-state index in [1.54, 1.807) is 7.11 Å². The molecule has 17 heavy (non-hydrogen) atoms. The predicted octanol–water partition coefficient (Wildman–Crippen LogP) is 3.02. The molecule has 1 heterocycles. The van der Waals surface area contributed by atoms with E-state index in [4.69, 9.17) is 4.74 Å². The van der Waals surface area contributed by atoms with E-state index in [-0.39, 0.29) is 0 Å². The van der Waals surface area contributed by atoms with Gasteiger partial charge in [-0.3, -0.25) is 4.68 Å². The van der Waals surface area contributed by atoms with E-state index < -0.39 is 0 Å². The van der Waals surface area contributed by atoms with Crippen LogP contribution in [0.25, 0.3) is 11.3 Å². The Hall–Kier alpha value is -1.77. The number of nitrogens with zero attached hydrogens (tertiary/aromatic N) is 2. The van der Waals surface area contributed by atoms with Crippen molar-refractivity contribution in [2.24, 2.45) is 7.05 Å². The van der Waals surface area contributed by atoms with Gasteiger partial charge in [0.2, 0.25) is 0 Å². The Kier molecular flexibility index (Phi) is 2.92. The lowest BCUT2D eigenvalue weighted by atomic mass is 10.0. The fraction of sp³-hybridized carbons (Fsp3) is 0.357. The molecule has 0 aliphatic heterocycles. The molecule has 3 heteroatoms. The molecule has 0 bridgehead atoms. The van der Waals surface area contributed by atoms with Gasteiger partial charge in [-0.15, -0.1) is 0 Å². The van der Waals surface area contributed by atoms with Crippen LogP contribution < -0.4 is 4.74 Å². The number of aromatic nitrogens is 2. The minimum absolute atomic E-state index is 0.930. The minimum atomic E-state index is 0.930. The Morgan fingerprint density at radius 3 is 2.29 bits per heavy atom. The normalized spacial score (nSPS) is 10.6. The van der Waals surface area contributed by atoms with Crippen molar-refractivity contribution in [3.63, 3.8) is 0 Å². The second-order valence-corrected chi connectivity index (χ2v) is 4.43. The highest BCUT2D eigenvalue weighted by Gasteiger charge is 2.10. The quantitative estimate of drug-likeness (QED) is 0.793. The Morgan fingerprint density at radius 1 is 1.06 bits per heavy atom. The van der Waals surface area contributed by atoms with E-state index in [1.807, 2.05) is 11.7 Å². The van der Waals surface area contributed by atoms with Gasteiger partial charge in [0.25, 0.3) is 0 Å². The molecule has 0 N–H and O–H groups in total. The molecule has 0 radical (unpaired) electrons. The van der Waals surface area contributed by atoms with Gasteiger partial charge in [0.05, 0.1) is 12.8 Å². The van der Waals surface area contributed by atoms with E-state index in [1.165, 1.54) is 11.1 Å². The van der Waals surface area contributed by atoms with Crippen molar-refractivity contribution in [2.45, 2.75) is 20.8 Å². The van der Waals surface area contributed by atoms with Gasteiger partial charge >= 0.3 is 0 Å². The molecule has 0 aliphatic carbocycles. The third-order valence-electron chi connectivity index (χ3n) is 3.13. The summed E-state index contributed by atoms with van der Waals surface area (Å²) in [5, 5.41) is 4.51. The molecule has 0 unspecified atom stereocenters. The third kappa shape index (κ3) is 2.05. The summed E-state index contributed by atoms with van der Waals surface area (Å²) in [5.41, 5.74) is 5.68. The summed E-state index contributed by atoms with van der Waals surface area (Å²) < 4.78 is 7.22.